The van der Waals surface area contributed by atoms with E-state index in [0.717, 1.165) is 11.3 Å². The van der Waals surface area contributed by atoms with Gasteiger partial charge in [-0.15, -0.1) is 0 Å². The Morgan fingerprint density at radius 3 is 2.83 bits per heavy atom. The van der Waals surface area contributed by atoms with Crippen molar-refractivity contribution in [3.63, 3.8) is 0 Å². The van der Waals surface area contributed by atoms with Gasteiger partial charge in [0.05, 0.1) is 30.4 Å². The molecular formula is C17H20N4O3. The van der Waals surface area contributed by atoms with Crippen LogP contribution in [0.25, 0.3) is 0 Å². The highest BCUT2D eigenvalue weighted by molar-refractivity contribution is 6.09. The Bertz CT molecular complexity index is 812. The van der Waals surface area contributed by atoms with Gasteiger partial charge in [0.2, 0.25) is 5.60 Å². The van der Waals surface area contributed by atoms with Crippen molar-refractivity contribution in [1.29, 1.82) is 0 Å². The lowest BCUT2D eigenvalue weighted by molar-refractivity contribution is -0.135. The zero-order chi connectivity index (χ0) is 17.3. The van der Waals surface area contributed by atoms with Crippen molar-refractivity contribution in [3.8, 4) is 5.75 Å². The summed E-state index contributed by atoms with van der Waals surface area (Å²) in [7, 11) is 3.42. The molecular weight excluding hydrogens is 308 g/mol. The lowest BCUT2D eigenvalue weighted by atomic mass is 9.94. The van der Waals surface area contributed by atoms with Crippen molar-refractivity contribution in [2.24, 2.45) is 12.2 Å². The summed E-state index contributed by atoms with van der Waals surface area (Å²) in [6, 6.07) is 7.54. The molecule has 0 spiro atoms. The third-order valence-corrected chi connectivity index (χ3v) is 4.24. The van der Waals surface area contributed by atoms with Crippen LogP contribution in [0.2, 0.25) is 0 Å². The summed E-state index contributed by atoms with van der Waals surface area (Å²) in [5, 5.41) is 11.1. The topological polar surface area (TPSA) is 77.7 Å². The van der Waals surface area contributed by atoms with Crippen LogP contribution in [0.3, 0.4) is 0 Å². The predicted molar refractivity (Wildman–Crippen MR) is 90.2 cm³/mol. The van der Waals surface area contributed by atoms with Crippen molar-refractivity contribution in [2.75, 3.05) is 12.4 Å². The third kappa shape index (κ3) is 2.73. The van der Waals surface area contributed by atoms with E-state index in [1.54, 1.807) is 24.9 Å². The molecule has 1 N–H and O–H groups in total. The van der Waals surface area contributed by atoms with Crippen LogP contribution >= 0.6 is 0 Å². The number of anilines is 1. The number of hydrogen-bond acceptors (Lipinski definition) is 5. The minimum Gasteiger partial charge on any atom is -0.496 e. The van der Waals surface area contributed by atoms with E-state index in [0.29, 0.717) is 23.6 Å². The molecule has 2 aromatic rings. The maximum atomic E-state index is 12.7. The van der Waals surface area contributed by atoms with Crippen molar-refractivity contribution in [1.82, 2.24) is 9.78 Å². The minimum absolute atomic E-state index is 0.257. The average Bonchev–Trinajstić information content (AvgIpc) is 3.13. The van der Waals surface area contributed by atoms with Crippen molar-refractivity contribution < 1.29 is 14.4 Å². The number of ether oxygens (including phenoxy) is 1. The number of amides is 1. The molecule has 126 valence electrons. The molecule has 7 heteroatoms. The van der Waals surface area contributed by atoms with Gasteiger partial charge in [0.15, 0.2) is 0 Å². The Morgan fingerprint density at radius 2 is 2.17 bits per heavy atom. The predicted octanol–water partition coefficient (Wildman–Crippen LogP) is 2.26. The minimum atomic E-state index is -1.07. The summed E-state index contributed by atoms with van der Waals surface area (Å²) < 4.78 is 7.05. The number of methoxy groups -OCH3 is 1. The van der Waals surface area contributed by atoms with E-state index in [2.05, 4.69) is 15.6 Å². The summed E-state index contributed by atoms with van der Waals surface area (Å²) in [5.41, 5.74) is 1.98. The number of para-hydroxylation sites is 1. The summed E-state index contributed by atoms with van der Waals surface area (Å²) in [6.45, 7) is 3.61. The van der Waals surface area contributed by atoms with Gasteiger partial charge in [-0.2, -0.15) is 5.10 Å². The highest BCUT2D eigenvalue weighted by atomic mass is 16.7. The van der Waals surface area contributed by atoms with E-state index >= 15 is 0 Å². The molecule has 0 aliphatic carbocycles. The summed E-state index contributed by atoms with van der Waals surface area (Å²) in [5.74, 6) is 0.444. The fourth-order valence-corrected chi connectivity index (χ4v) is 2.57. The van der Waals surface area contributed by atoms with E-state index in [-0.39, 0.29) is 5.91 Å². The quantitative estimate of drug-likeness (QED) is 0.934. The summed E-state index contributed by atoms with van der Waals surface area (Å²) in [6.07, 6.45) is 1.98. The molecule has 3 rings (SSSR count). The fourth-order valence-electron chi connectivity index (χ4n) is 2.57. The number of hydrogen-bond donors (Lipinski definition) is 1. The van der Waals surface area contributed by atoms with Gasteiger partial charge in [-0.25, -0.2) is 0 Å². The first-order valence-corrected chi connectivity index (χ1v) is 7.63. The number of carbonyl (C=O) groups excluding carboxylic acids is 1. The summed E-state index contributed by atoms with van der Waals surface area (Å²) >= 11 is 0. The standard InChI is InChI=1S/C17H20N4O3/c1-11-14(10-18-21(11)3)19-16(22)17(2)9-13(20-24-17)12-7-5-6-8-15(12)23-4/h5-8,10H,9H2,1-4H3,(H,19,22)/t17-/m1/s1. The SMILES string of the molecule is COc1ccccc1C1=NO[C@@](C)(C(=O)Nc2cnn(C)c2C)C1. The van der Waals surface area contributed by atoms with Crippen LogP contribution in [0, 0.1) is 6.92 Å². The van der Waals surface area contributed by atoms with E-state index in [1.807, 2.05) is 38.2 Å². The third-order valence-electron chi connectivity index (χ3n) is 4.24. The first kappa shape index (κ1) is 16.0. The molecule has 24 heavy (non-hydrogen) atoms. The Balaban J connectivity index is 1.77. The fraction of sp³-hybridized carbons (Fsp3) is 0.353. The normalized spacial score (nSPS) is 19.6. The molecule has 0 radical (unpaired) electrons. The second-order valence-corrected chi connectivity index (χ2v) is 5.96. The molecule has 1 atom stereocenters. The highest BCUT2D eigenvalue weighted by Crippen LogP contribution is 2.31. The zero-order valence-electron chi connectivity index (χ0n) is 14.2. The molecule has 0 saturated heterocycles. The Labute approximate surface area is 140 Å². The highest BCUT2D eigenvalue weighted by Gasteiger charge is 2.43. The first-order valence-electron chi connectivity index (χ1n) is 7.63. The van der Waals surface area contributed by atoms with Crippen LogP contribution in [-0.2, 0) is 16.7 Å². The molecule has 0 saturated carbocycles. The second-order valence-electron chi connectivity index (χ2n) is 5.96. The van der Waals surface area contributed by atoms with Crippen molar-refractivity contribution in [3.05, 3.63) is 41.7 Å². The second kappa shape index (κ2) is 5.99. The largest absolute Gasteiger partial charge is 0.496 e. The van der Waals surface area contributed by atoms with E-state index in [1.165, 1.54) is 0 Å². The monoisotopic (exact) mass is 328 g/mol. The number of nitrogens with one attached hydrogen (secondary N) is 1. The molecule has 0 unspecified atom stereocenters. The maximum Gasteiger partial charge on any atom is 0.271 e. The smallest absolute Gasteiger partial charge is 0.271 e. The number of oxime groups is 1. The molecule has 2 heterocycles. The van der Waals surface area contributed by atoms with Crippen molar-refractivity contribution >= 4 is 17.3 Å². The van der Waals surface area contributed by atoms with Gasteiger partial charge in [-0.1, -0.05) is 17.3 Å². The molecule has 1 aromatic carbocycles. The zero-order valence-corrected chi connectivity index (χ0v) is 14.2. The van der Waals surface area contributed by atoms with Crippen molar-refractivity contribution in [2.45, 2.75) is 25.9 Å². The van der Waals surface area contributed by atoms with Gasteiger partial charge in [-0.05, 0) is 26.0 Å². The number of nitrogens with zero attached hydrogens (tertiary/aromatic N) is 3. The van der Waals surface area contributed by atoms with Gasteiger partial charge in [-0.3, -0.25) is 9.48 Å². The number of carbonyl (C=O) groups is 1. The summed E-state index contributed by atoms with van der Waals surface area (Å²) in [4.78, 5) is 18.1. The molecule has 1 aliphatic rings. The number of rotatable bonds is 4. The molecule has 0 fully saturated rings. The Morgan fingerprint density at radius 1 is 1.42 bits per heavy atom. The van der Waals surface area contributed by atoms with Gasteiger partial charge in [0, 0.05) is 19.0 Å². The van der Waals surface area contributed by atoms with Crippen LogP contribution < -0.4 is 10.1 Å². The average molecular weight is 328 g/mol. The molecule has 1 aromatic heterocycles. The van der Waals surface area contributed by atoms with Crippen LogP contribution in [0.4, 0.5) is 5.69 Å². The molecule has 0 bridgehead atoms. The Kier molecular flexibility index (Phi) is 4.01. The molecule has 7 nitrogen and oxygen atoms in total. The number of aryl methyl sites for hydroxylation is 1. The Hall–Kier alpha value is -2.83. The van der Waals surface area contributed by atoms with E-state index in [9.17, 15) is 4.79 Å². The van der Waals surface area contributed by atoms with Gasteiger partial charge >= 0.3 is 0 Å². The van der Waals surface area contributed by atoms with Crippen LogP contribution in [0.5, 0.6) is 5.75 Å². The van der Waals surface area contributed by atoms with Crippen LogP contribution in [0.1, 0.15) is 24.6 Å². The van der Waals surface area contributed by atoms with Gasteiger partial charge < -0.3 is 14.9 Å². The maximum absolute atomic E-state index is 12.7. The lowest BCUT2D eigenvalue weighted by Crippen LogP contribution is -2.40. The number of aromatic nitrogens is 2. The van der Waals surface area contributed by atoms with E-state index in [4.69, 9.17) is 9.57 Å². The van der Waals surface area contributed by atoms with Gasteiger partial charge in [0.25, 0.3) is 5.91 Å². The molecule has 1 amide bonds. The first-order chi connectivity index (χ1) is 11.4. The van der Waals surface area contributed by atoms with Gasteiger partial charge in [0.1, 0.15) is 5.75 Å². The van der Waals surface area contributed by atoms with E-state index < -0.39 is 5.60 Å². The number of benzene rings is 1. The lowest BCUT2D eigenvalue weighted by Gasteiger charge is -2.20. The van der Waals surface area contributed by atoms with Crippen LogP contribution in [0.15, 0.2) is 35.6 Å². The van der Waals surface area contributed by atoms with Crippen LogP contribution in [-0.4, -0.2) is 34.1 Å². The molecule has 1 aliphatic heterocycles.